The number of rotatable bonds is 7. The summed E-state index contributed by atoms with van der Waals surface area (Å²) >= 11 is 1.32. The number of hydrogen-bond acceptors (Lipinski definition) is 6. The van der Waals surface area contributed by atoms with Gasteiger partial charge in [-0.1, -0.05) is 48.0 Å². The number of ether oxygens (including phenoxy) is 1. The van der Waals surface area contributed by atoms with Crippen LogP contribution in [-0.4, -0.2) is 23.0 Å². The molecule has 3 aromatic rings. The number of carbonyl (C=O) groups is 2. The number of esters is 1. The molecule has 1 heterocycles. The summed E-state index contributed by atoms with van der Waals surface area (Å²) in [6.45, 7) is 8.04. The largest absolute Gasteiger partial charge is 0.448 e. The van der Waals surface area contributed by atoms with Gasteiger partial charge in [-0.15, -0.1) is 11.3 Å². The summed E-state index contributed by atoms with van der Waals surface area (Å²) in [5.41, 5.74) is 5.10. The van der Waals surface area contributed by atoms with Gasteiger partial charge in [-0.3, -0.25) is 4.79 Å². The smallest absolute Gasteiger partial charge is 0.358 e. The van der Waals surface area contributed by atoms with Gasteiger partial charge in [0.25, 0.3) is 5.91 Å². The molecular formula is C23H25N3O3S. The number of nitrogens with one attached hydrogen (secondary N) is 2. The zero-order valence-corrected chi connectivity index (χ0v) is 18.3. The van der Waals surface area contributed by atoms with Crippen LogP contribution in [0.5, 0.6) is 0 Å². The number of anilines is 2. The minimum absolute atomic E-state index is 0.179. The maximum absolute atomic E-state index is 12.5. The van der Waals surface area contributed by atoms with Gasteiger partial charge < -0.3 is 15.4 Å². The SMILES string of the molecule is Cc1cc(C)c(NC(=O)C(C)OC(=O)c2csc(NCc3ccccc3)n2)c(C)c1. The number of aryl methyl sites for hydroxylation is 3. The molecule has 0 aliphatic heterocycles. The van der Waals surface area contributed by atoms with Crippen LogP contribution in [0.1, 0.15) is 39.7 Å². The van der Waals surface area contributed by atoms with Crippen molar-refractivity contribution in [1.82, 2.24) is 4.98 Å². The molecule has 1 unspecified atom stereocenters. The standard InChI is InChI=1S/C23H25N3O3S/c1-14-10-15(2)20(16(3)11-14)26-21(27)17(4)29-22(28)19-13-30-23(25-19)24-12-18-8-6-5-7-9-18/h5-11,13,17H,12H2,1-4H3,(H,24,25)(H,26,27). The van der Waals surface area contributed by atoms with E-state index < -0.39 is 12.1 Å². The number of carbonyl (C=O) groups excluding carboxylic acids is 2. The second-order valence-corrected chi connectivity index (χ2v) is 8.05. The van der Waals surface area contributed by atoms with E-state index in [4.69, 9.17) is 4.74 Å². The third-order valence-corrected chi connectivity index (χ3v) is 5.38. The molecule has 0 saturated carbocycles. The Hall–Kier alpha value is -3.19. The lowest BCUT2D eigenvalue weighted by atomic mass is 10.0. The lowest BCUT2D eigenvalue weighted by Gasteiger charge is -2.16. The van der Waals surface area contributed by atoms with Crippen molar-refractivity contribution in [2.45, 2.75) is 40.3 Å². The molecule has 2 aromatic carbocycles. The summed E-state index contributed by atoms with van der Waals surface area (Å²) in [6.07, 6.45) is -0.944. The van der Waals surface area contributed by atoms with E-state index in [0.717, 1.165) is 27.9 Å². The summed E-state index contributed by atoms with van der Waals surface area (Å²) in [7, 11) is 0. The van der Waals surface area contributed by atoms with Crippen LogP contribution in [0.15, 0.2) is 47.8 Å². The summed E-state index contributed by atoms with van der Waals surface area (Å²) in [5.74, 6) is -1.00. The van der Waals surface area contributed by atoms with Crippen LogP contribution in [0.25, 0.3) is 0 Å². The zero-order chi connectivity index (χ0) is 21.7. The minimum Gasteiger partial charge on any atom is -0.448 e. The van der Waals surface area contributed by atoms with Crippen molar-refractivity contribution in [2.24, 2.45) is 0 Å². The first kappa shape index (κ1) is 21.5. The molecule has 6 nitrogen and oxygen atoms in total. The number of aromatic nitrogens is 1. The summed E-state index contributed by atoms with van der Waals surface area (Å²) in [5, 5.41) is 8.28. The van der Waals surface area contributed by atoms with E-state index in [1.807, 2.05) is 63.2 Å². The lowest BCUT2D eigenvalue weighted by Crippen LogP contribution is -2.30. The van der Waals surface area contributed by atoms with Gasteiger partial charge in [0.15, 0.2) is 16.9 Å². The van der Waals surface area contributed by atoms with E-state index in [-0.39, 0.29) is 11.6 Å². The molecular weight excluding hydrogens is 398 g/mol. The molecule has 0 aliphatic carbocycles. The van der Waals surface area contributed by atoms with Crippen molar-refractivity contribution < 1.29 is 14.3 Å². The van der Waals surface area contributed by atoms with E-state index in [1.54, 1.807) is 12.3 Å². The zero-order valence-electron chi connectivity index (χ0n) is 17.5. The van der Waals surface area contributed by atoms with Gasteiger partial charge in [0.1, 0.15) is 0 Å². The van der Waals surface area contributed by atoms with Crippen LogP contribution in [0, 0.1) is 20.8 Å². The summed E-state index contributed by atoms with van der Waals surface area (Å²) < 4.78 is 5.32. The fourth-order valence-electron chi connectivity index (χ4n) is 3.10. The highest BCUT2D eigenvalue weighted by atomic mass is 32.1. The van der Waals surface area contributed by atoms with Crippen LogP contribution in [0.4, 0.5) is 10.8 Å². The Kier molecular flexibility index (Phi) is 6.84. The fourth-order valence-corrected chi connectivity index (χ4v) is 3.78. The Morgan fingerprint density at radius 2 is 1.77 bits per heavy atom. The highest BCUT2D eigenvalue weighted by molar-refractivity contribution is 7.13. The molecule has 1 aromatic heterocycles. The normalized spacial score (nSPS) is 11.6. The van der Waals surface area contributed by atoms with Gasteiger partial charge in [0.05, 0.1) is 0 Å². The van der Waals surface area contributed by atoms with Gasteiger partial charge in [-0.2, -0.15) is 0 Å². The molecule has 0 saturated heterocycles. The first-order valence-electron chi connectivity index (χ1n) is 9.66. The Bertz CT molecular complexity index is 1020. The van der Waals surface area contributed by atoms with Crippen molar-refractivity contribution in [3.8, 4) is 0 Å². The molecule has 156 valence electrons. The van der Waals surface area contributed by atoms with Crippen molar-refractivity contribution >= 4 is 34.0 Å². The van der Waals surface area contributed by atoms with Crippen LogP contribution < -0.4 is 10.6 Å². The number of benzene rings is 2. The highest BCUT2D eigenvalue weighted by Gasteiger charge is 2.22. The predicted octanol–water partition coefficient (Wildman–Crippen LogP) is 4.86. The lowest BCUT2D eigenvalue weighted by molar-refractivity contribution is -0.123. The van der Waals surface area contributed by atoms with Gasteiger partial charge in [0, 0.05) is 17.6 Å². The first-order valence-corrected chi connectivity index (χ1v) is 10.5. The molecule has 1 atom stereocenters. The molecule has 30 heavy (non-hydrogen) atoms. The second-order valence-electron chi connectivity index (χ2n) is 7.19. The number of thiazole rings is 1. The summed E-state index contributed by atoms with van der Waals surface area (Å²) in [4.78, 5) is 29.2. The van der Waals surface area contributed by atoms with Crippen molar-refractivity contribution in [3.63, 3.8) is 0 Å². The Morgan fingerprint density at radius 3 is 2.43 bits per heavy atom. The molecule has 0 fully saturated rings. The molecule has 0 aliphatic rings. The topological polar surface area (TPSA) is 80.3 Å². The summed E-state index contributed by atoms with van der Waals surface area (Å²) in [6, 6.07) is 13.9. The average molecular weight is 424 g/mol. The highest BCUT2D eigenvalue weighted by Crippen LogP contribution is 2.22. The molecule has 7 heteroatoms. The van der Waals surface area contributed by atoms with Crippen molar-refractivity contribution in [2.75, 3.05) is 10.6 Å². The molecule has 0 radical (unpaired) electrons. The fraction of sp³-hybridized carbons (Fsp3) is 0.261. The van der Waals surface area contributed by atoms with E-state index in [9.17, 15) is 9.59 Å². The van der Waals surface area contributed by atoms with Crippen LogP contribution in [0.3, 0.4) is 0 Å². The maximum Gasteiger partial charge on any atom is 0.358 e. The third kappa shape index (κ3) is 5.45. The van der Waals surface area contributed by atoms with Gasteiger partial charge >= 0.3 is 5.97 Å². The molecule has 1 amide bonds. The van der Waals surface area contributed by atoms with E-state index in [2.05, 4.69) is 15.6 Å². The van der Waals surface area contributed by atoms with Crippen LogP contribution >= 0.6 is 11.3 Å². The van der Waals surface area contributed by atoms with Gasteiger partial charge in [-0.25, -0.2) is 9.78 Å². The van der Waals surface area contributed by atoms with Gasteiger partial charge in [-0.05, 0) is 44.4 Å². The predicted molar refractivity (Wildman–Crippen MR) is 120 cm³/mol. The van der Waals surface area contributed by atoms with Crippen molar-refractivity contribution in [3.05, 3.63) is 75.8 Å². The van der Waals surface area contributed by atoms with E-state index in [0.29, 0.717) is 11.7 Å². The quantitative estimate of drug-likeness (QED) is 0.530. The van der Waals surface area contributed by atoms with E-state index in [1.165, 1.54) is 11.3 Å². The molecule has 3 rings (SSSR count). The van der Waals surface area contributed by atoms with Crippen molar-refractivity contribution in [1.29, 1.82) is 0 Å². The molecule has 0 bridgehead atoms. The Morgan fingerprint density at radius 1 is 1.10 bits per heavy atom. The molecule has 0 spiro atoms. The third-order valence-electron chi connectivity index (χ3n) is 4.58. The van der Waals surface area contributed by atoms with E-state index >= 15 is 0 Å². The van der Waals surface area contributed by atoms with Gasteiger partial charge in [0.2, 0.25) is 0 Å². The average Bonchev–Trinajstić information content (AvgIpc) is 3.19. The monoisotopic (exact) mass is 423 g/mol. The Labute approximate surface area is 180 Å². The minimum atomic E-state index is -0.944. The number of amides is 1. The Balaban J connectivity index is 1.56. The maximum atomic E-state index is 12.5. The van der Waals surface area contributed by atoms with Crippen LogP contribution in [-0.2, 0) is 16.1 Å². The number of nitrogens with zero attached hydrogens (tertiary/aromatic N) is 1. The number of hydrogen-bond donors (Lipinski definition) is 2. The van der Waals surface area contributed by atoms with Crippen LogP contribution in [0.2, 0.25) is 0 Å². The molecule has 2 N–H and O–H groups in total. The second kappa shape index (κ2) is 9.54. The first-order chi connectivity index (χ1) is 14.3.